The Morgan fingerprint density at radius 3 is 2.28 bits per heavy atom. The van der Waals surface area contributed by atoms with Crippen LogP contribution in [0.15, 0.2) is 24.3 Å². The normalized spacial score (nSPS) is 10.1. The molecule has 0 fully saturated rings. The Hall–Kier alpha value is -1.91. The monoisotopic (exact) mass is 253 g/mol. The lowest BCUT2D eigenvalue weighted by atomic mass is 10.1. The van der Waals surface area contributed by atoms with E-state index in [1.807, 2.05) is 0 Å². The van der Waals surface area contributed by atoms with Crippen LogP contribution in [-0.4, -0.2) is 24.0 Å². The number of carbonyl (C=O) groups is 2. The Bertz CT molecular complexity index is 417. The molecule has 0 saturated heterocycles. The molecule has 1 rings (SSSR count). The largest absolute Gasteiger partial charge is 0.481 e. The molecule has 5 heteroatoms. The van der Waals surface area contributed by atoms with Gasteiger partial charge in [-0.25, -0.2) is 4.39 Å². The molecule has 0 radical (unpaired) electrons. The summed E-state index contributed by atoms with van der Waals surface area (Å²) in [5.41, 5.74) is 0.625. The Kier molecular flexibility index (Phi) is 5.30. The van der Waals surface area contributed by atoms with Crippen LogP contribution in [0, 0.1) is 5.82 Å². The summed E-state index contributed by atoms with van der Waals surface area (Å²) in [6, 6.07) is 5.65. The number of carboxylic acid groups (broad SMARTS) is 1. The van der Waals surface area contributed by atoms with Gasteiger partial charge in [-0.05, 0) is 37.1 Å². The molecule has 0 spiro atoms. The second-order valence-corrected chi connectivity index (χ2v) is 4.03. The standard InChI is InChI=1S/C13H16FNO3/c1-15(11-8-6-10(14)7-9-11)12(16)4-2-3-5-13(17)18/h6-9H,2-5H2,1H3,(H,17,18). The van der Waals surface area contributed by atoms with Gasteiger partial charge in [0.2, 0.25) is 5.91 Å². The van der Waals surface area contributed by atoms with Crippen LogP contribution < -0.4 is 4.90 Å². The molecule has 4 nitrogen and oxygen atoms in total. The Morgan fingerprint density at radius 1 is 1.17 bits per heavy atom. The van der Waals surface area contributed by atoms with E-state index in [1.54, 1.807) is 7.05 Å². The third-order valence-corrected chi connectivity index (χ3v) is 2.62. The number of carbonyl (C=O) groups excluding carboxylic acids is 1. The lowest BCUT2D eigenvalue weighted by molar-refractivity contribution is -0.137. The van der Waals surface area contributed by atoms with E-state index < -0.39 is 5.97 Å². The van der Waals surface area contributed by atoms with Crippen molar-refractivity contribution in [2.24, 2.45) is 0 Å². The Labute approximate surface area is 105 Å². The molecule has 1 amide bonds. The summed E-state index contributed by atoms with van der Waals surface area (Å²) in [5, 5.41) is 8.46. The summed E-state index contributed by atoms with van der Waals surface area (Å²) in [4.78, 5) is 23.5. The summed E-state index contributed by atoms with van der Waals surface area (Å²) in [5.74, 6) is -1.30. The average molecular weight is 253 g/mol. The smallest absolute Gasteiger partial charge is 0.303 e. The minimum absolute atomic E-state index is 0.0769. The molecular formula is C13H16FNO3. The third-order valence-electron chi connectivity index (χ3n) is 2.62. The van der Waals surface area contributed by atoms with Gasteiger partial charge in [0.1, 0.15) is 5.82 Å². The lowest BCUT2D eigenvalue weighted by Gasteiger charge is -2.17. The number of benzene rings is 1. The molecule has 0 bridgehead atoms. The van der Waals surface area contributed by atoms with Gasteiger partial charge in [0, 0.05) is 25.6 Å². The van der Waals surface area contributed by atoms with Crippen molar-refractivity contribution >= 4 is 17.6 Å². The number of anilines is 1. The highest BCUT2D eigenvalue weighted by Crippen LogP contribution is 2.15. The van der Waals surface area contributed by atoms with Crippen molar-refractivity contribution in [2.75, 3.05) is 11.9 Å². The van der Waals surface area contributed by atoms with Crippen LogP contribution in [0.3, 0.4) is 0 Å². The fourth-order valence-electron chi connectivity index (χ4n) is 1.53. The van der Waals surface area contributed by atoms with Crippen molar-refractivity contribution in [1.29, 1.82) is 0 Å². The first-order chi connectivity index (χ1) is 8.50. The molecule has 0 aliphatic rings. The van der Waals surface area contributed by atoms with E-state index in [-0.39, 0.29) is 18.1 Å². The quantitative estimate of drug-likeness (QED) is 0.792. The zero-order chi connectivity index (χ0) is 13.5. The molecule has 1 N–H and O–H groups in total. The number of amides is 1. The highest BCUT2D eigenvalue weighted by Gasteiger charge is 2.10. The highest BCUT2D eigenvalue weighted by atomic mass is 19.1. The summed E-state index contributed by atoms with van der Waals surface area (Å²) < 4.78 is 12.7. The van der Waals surface area contributed by atoms with Crippen molar-refractivity contribution in [3.63, 3.8) is 0 Å². The van der Waals surface area contributed by atoms with Crippen molar-refractivity contribution < 1.29 is 19.1 Å². The molecule has 98 valence electrons. The van der Waals surface area contributed by atoms with Gasteiger partial charge in [0.25, 0.3) is 0 Å². The van der Waals surface area contributed by atoms with Gasteiger partial charge in [0.15, 0.2) is 0 Å². The second-order valence-electron chi connectivity index (χ2n) is 4.03. The number of carboxylic acids is 1. The minimum Gasteiger partial charge on any atom is -0.481 e. The number of hydrogen-bond acceptors (Lipinski definition) is 2. The molecule has 0 heterocycles. The fourth-order valence-corrected chi connectivity index (χ4v) is 1.53. The molecule has 1 aromatic carbocycles. The molecule has 18 heavy (non-hydrogen) atoms. The van der Waals surface area contributed by atoms with E-state index >= 15 is 0 Å². The van der Waals surface area contributed by atoms with Crippen LogP contribution in [-0.2, 0) is 9.59 Å². The molecule has 0 aliphatic heterocycles. The summed E-state index contributed by atoms with van der Waals surface area (Å²) in [7, 11) is 1.62. The lowest BCUT2D eigenvalue weighted by Crippen LogP contribution is -2.25. The number of hydrogen-bond donors (Lipinski definition) is 1. The number of halogens is 1. The van der Waals surface area contributed by atoms with Crippen LogP contribution in [0.4, 0.5) is 10.1 Å². The first-order valence-corrected chi connectivity index (χ1v) is 5.74. The molecular weight excluding hydrogens is 237 g/mol. The van der Waals surface area contributed by atoms with E-state index in [2.05, 4.69) is 0 Å². The Morgan fingerprint density at radius 2 is 1.72 bits per heavy atom. The number of rotatable bonds is 6. The van der Waals surface area contributed by atoms with Gasteiger partial charge in [-0.15, -0.1) is 0 Å². The second kappa shape index (κ2) is 6.74. The van der Waals surface area contributed by atoms with Gasteiger partial charge < -0.3 is 10.0 Å². The first-order valence-electron chi connectivity index (χ1n) is 5.74. The number of nitrogens with zero attached hydrogens (tertiary/aromatic N) is 1. The van der Waals surface area contributed by atoms with Crippen LogP contribution in [0.5, 0.6) is 0 Å². The zero-order valence-electron chi connectivity index (χ0n) is 10.2. The van der Waals surface area contributed by atoms with Gasteiger partial charge in [-0.3, -0.25) is 9.59 Å². The molecule has 0 atom stereocenters. The first kappa shape index (κ1) is 14.2. The predicted molar refractivity (Wildman–Crippen MR) is 65.9 cm³/mol. The molecule has 0 saturated carbocycles. The van der Waals surface area contributed by atoms with Crippen molar-refractivity contribution in [3.8, 4) is 0 Å². The van der Waals surface area contributed by atoms with Crippen molar-refractivity contribution in [3.05, 3.63) is 30.1 Å². The third kappa shape index (κ3) is 4.53. The van der Waals surface area contributed by atoms with E-state index in [4.69, 9.17) is 5.11 Å². The van der Waals surface area contributed by atoms with Crippen LogP contribution in [0.25, 0.3) is 0 Å². The van der Waals surface area contributed by atoms with Gasteiger partial charge in [-0.2, -0.15) is 0 Å². The maximum atomic E-state index is 12.7. The van der Waals surface area contributed by atoms with Crippen molar-refractivity contribution in [1.82, 2.24) is 0 Å². The summed E-state index contributed by atoms with van der Waals surface area (Å²) in [6.45, 7) is 0. The van der Waals surface area contributed by atoms with Gasteiger partial charge in [-0.1, -0.05) is 0 Å². The van der Waals surface area contributed by atoms with Gasteiger partial charge >= 0.3 is 5.97 Å². The number of aliphatic carboxylic acids is 1. The maximum Gasteiger partial charge on any atom is 0.303 e. The van der Waals surface area contributed by atoms with E-state index in [0.717, 1.165) is 0 Å². The van der Waals surface area contributed by atoms with E-state index in [1.165, 1.54) is 29.2 Å². The minimum atomic E-state index is -0.852. The van der Waals surface area contributed by atoms with E-state index in [0.29, 0.717) is 24.9 Å². The summed E-state index contributed by atoms with van der Waals surface area (Å²) in [6.07, 6.45) is 1.39. The van der Waals surface area contributed by atoms with Crippen LogP contribution in [0.2, 0.25) is 0 Å². The topological polar surface area (TPSA) is 57.6 Å². The molecule has 0 aliphatic carbocycles. The Balaban J connectivity index is 2.41. The summed E-state index contributed by atoms with van der Waals surface area (Å²) >= 11 is 0. The maximum absolute atomic E-state index is 12.7. The number of unbranched alkanes of at least 4 members (excludes halogenated alkanes) is 1. The zero-order valence-corrected chi connectivity index (χ0v) is 10.2. The van der Waals surface area contributed by atoms with E-state index in [9.17, 15) is 14.0 Å². The van der Waals surface area contributed by atoms with Crippen LogP contribution in [0.1, 0.15) is 25.7 Å². The predicted octanol–water partition coefficient (Wildman–Crippen LogP) is 2.43. The molecule has 1 aromatic rings. The van der Waals surface area contributed by atoms with Gasteiger partial charge in [0.05, 0.1) is 0 Å². The van der Waals surface area contributed by atoms with Crippen LogP contribution >= 0.6 is 0 Å². The van der Waals surface area contributed by atoms with Crippen molar-refractivity contribution in [2.45, 2.75) is 25.7 Å². The average Bonchev–Trinajstić information content (AvgIpc) is 2.34. The fraction of sp³-hybridized carbons (Fsp3) is 0.385. The highest BCUT2D eigenvalue weighted by molar-refractivity contribution is 5.92. The molecule has 0 aromatic heterocycles. The SMILES string of the molecule is CN(C(=O)CCCCC(=O)O)c1ccc(F)cc1. The molecule has 0 unspecified atom stereocenters.